The van der Waals surface area contributed by atoms with E-state index in [4.69, 9.17) is 12.2 Å². The molecule has 0 aromatic heterocycles. The van der Waals surface area contributed by atoms with Crippen molar-refractivity contribution in [1.82, 2.24) is 14.7 Å². The Morgan fingerprint density at radius 2 is 0.905 bits per heavy atom. The summed E-state index contributed by atoms with van der Waals surface area (Å²) in [6.07, 6.45) is 19.6. The molecule has 0 rings (SSSR count). The van der Waals surface area contributed by atoms with Crippen LogP contribution in [0.25, 0.3) is 0 Å². The van der Waals surface area contributed by atoms with E-state index >= 15 is 0 Å². The van der Waals surface area contributed by atoms with Gasteiger partial charge < -0.3 is 4.90 Å². The lowest BCUT2D eigenvalue weighted by molar-refractivity contribution is 0.0628. The molecule has 0 saturated carbocycles. The second-order valence-corrected chi connectivity index (χ2v) is 15.4. The maximum Gasteiger partial charge on any atom is 0.0725 e. The van der Waals surface area contributed by atoms with Gasteiger partial charge in [0.1, 0.15) is 0 Å². The van der Waals surface area contributed by atoms with Crippen LogP contribution in [-0.4, -0.2) is 58.4 Å². The predicted octanol–water partition coefficient (Wildman–Crippen LogP) is 11.8. The average molecular weight is 626 g/mol. The highest BCUT2D eigenvalue weighted by atomic mass is 32.2. The zero-order chi connectivity index (χ0) is 31.8. The zero-order valence-electron chi connectivity index (χ0n) is 30.0. The van der Waals surface area contributed by atoms with Gasteiger partial charge in [-0.25, -0.2) is 0 Å². The van der Waals surface area contributed by atoms with E-state index < -0.39 is 0 Å². The van der Waals surface area contributed by atoms with Gasteiger partial charge in [0.05, 0.1) is 22.6 Å². The van der Waals surface area contributed by atoms with Crippen molar-refractivity contribution in [1.29, 1.82) is 0 Å². The number of unbranched alkanes of at least 4 members (excludes halogenated alkanes) is 3. The first-order valence-corrected chi connectivity index (χ1v) is 19.5. The van der Waals surface area contributed by atoms with Crippen LogP contribution >= 0.6 is 24.0 Å². The number of thioether (sulfide) groups is 1. The summed E-state index contributed by atoms with van der Waals surface area (Å²) in [5.74, 6) is 3.08. The van der Waals surface area contributed by atoms with Crippen LogP contribution in [0.2, 0.25) is 0 Å². The molecule has 3 nitrogen and oxygen atoms in total. The van der Waals surface area contributed by atoms with E-state index in [-0.39, 0.29) is 0 Å². The first-order valence-electron chi connectivity index (χ1n) is 18.3. The highest BCUT2D eigenvalue weighted by Crippen LogP contribution is 2.26. The van der Waals surface area contributed by atoms with Crippen molar-refractivity contribution in [3.8, 4) is 0 Å². The molecule has 5 heteroatoms. The van der Waals surface area contributed by atoms with Crippen molar-refractivity contribution < 1.29 is 0 Å². The van der Waals surface area contributed by atoms with Crippen molar-refractivity contribution in [3.63, 3.8) is 0 Å². The number of nitrogens with zero attached hydrogens (tertiary/aromatic N) is 3. The Kier molecular flexibility index (Phi) is 27.2. The Labute approximate surface area is 275 Å². The molecule has 0 aliphatic carbocycles. The van der Waals surface area contributed by atoms with Crippen LogP contribution in [0.15, 0.2) is 11.6 Å². The summed E-state index contributed by atoms with van der Waals surface area (Å²) in [4.78, 5) is 8.22. The third-order valence-corrected chi connectivity index (χ3v) is 10.4. The Morgan fingerprint density at radius 1 is 0.571 bits per heavy atom. The van der Waals surface area contributed by atoms with E-state index in [9.17, 15) is 0 Å². The molecular weight excluding hydrogens is 551 g/mol. The van der Waals surface area contributed by atoms with Gasteiger partial charge >= 0.3 is 0 Å². The Hall–Kier alpha value is -0.100. The van der Waals surface area contributed by atoms with E-state index in [1.54, 1.807) is 11.8 Å². The van der Waals surface area contributed by atoms with Crippen molar-refractivity contribution >= 4 is 28.2 Å². The lowest BCUT2D eigenvalue weighted by Gasteiger charge is -2.40. The minimum absolute atomic E-state index is 0.766. The summed E-state index contributed by atoms with van der Waals surface area (Å²) in [6, 6.07) is 0. The molecular formula is C37H75N3S2. The maximum atomic E-state index is 5.60. The summed E-state index contributed by atoms with van der Waals surface area (Å²) >= 11 is 7.31. The number of thiocarbonyl (C=S) groups is 1. The molecule has 250 valence electrons. The average Bonchev–Trinajstić information content (AvgIpc) is 2.97. The molecule has 0 aliphatic rings. The van der Waals surface area contributed by atoms with Crippen LogP contribution in [0.5, 0.6) is 0 Å². The molecule has 0 saturated heterocycles. The minimum Gasteiger partial charge on any atom is -0.341 e. The summed E-state index contributed by atoms with van der Waals surface area (Å²) in [5, 5.41) is 1.13. The zero-order valence-corrected chi connectivity index (χ0v) is 31.7. The molecule has 0 aromatic carbocycles. The molecule has 0 bridgehead atoms. The third-order valence-electron chi connectivity index (χ3n) is 9.33. The van der Waals surface area contributed by atoms with E-state index in [2.05, 4.69) is 83.6 Å². The van der Waals surface area contributed by atoms with E-state index in [1.807, 2.05) is 0 Å². The van der Waals surface area contributed by atoms with Crippen LogP contribution in [0.1, 0.15) is 159 Å². The van der Waals surface area contributed by atoms with Crippen molar-refractivity contribution in [2.24, 2.45) is 23.7 Å². The lowest BCUT2D eigenvalue weighted by atomic mass is 9.96. The van der Waals surface area contributed by atoms with Gasteiger partial charge in [-0.1, -0.05) is 157 Å². The first kappa shape index (κ1) is 41.9. The number of hydrogen-bond donors (Lipinski definition) is 0. The van der Waals surface area contributed by atoms with Crippen LogP contribution in [0.3, 0.4) is 0 Å². The van der Waals surface area contributed by atoms with Crippen LogP contribution in [-0.2, 0) is 0 Å². The highest BCUT2D eigenvalue weighted by Gasteiger charge is 2.24. The van der Waals surface area contributed by atoms with Gasteiger partial charge in [-0.15, -0.1) is 0 Å². The van der Waals surface area contributed by atoms with Gasteiger partial charge in [0.2, 0.25) is 0 Å². The van der Waals surface area contributed by atoms with E-state index in [1.165, 1.54) is 122 Å². The van der Waals surface area contributed by atoms with Crippen molar-refractivity contribution in [2.75, 3.05) is 39.5 Å². The van der Waals surface area contributed by atoms with Gasteiger partial charge in [0.25, 0.3) is 0 Å². The summed E-state index contributed by atoms with van der Waals surface area (Å²) in [7, 11) is 0. The van der Waals surface area contributed by atoms with Gasteiger partial charge in [-0.3, -0.25) is 9.80 Å². The quantitative estimate of drug-likeness (QED) is 0.0602. The Bertz CT molecular complexity index is 637. The van der Waals surface area contributed by atoms with Crippen molar-refractivity contribution in [2.45, 2.75) is 159 Å². The van der Waals surface area contributed by atoms with E-state index in [0.29, 0.717) is 0 Å². The normalized spacial score (nSPS) is 14.7. The molecule has 0 aliphatic heterocycles. The molecule has 0 spiro atoms. The summed E-state index contributed by atoms with van der Waals surface area (Å²) < 4.78 is 0.971. The second-order valence-electron chi connectivity index (χ2n) is 13.2. The van der Waals surface area contributed by atoms with Gasteiger partial charge in [0.15, 0.2) is 0 Å². The molecule has 0 heterocycles. The number of hydrogen-bond acceptors (Lipinski definition) is 5. The van der Waals surface area contributed by atoms with Gasteiger partial charge in [-0.05, 0) is 56.3 Å². The highest BCUT2D eigenvalue weighted by molar-refractivity contribution is 8.25. The Morgan fingerprint density at radius 3 is 1.17 bits per heavy atom. The molecule has 0 fully saturated rings. The van der Waals surface area contributed by atoms with E-state index in [0.717, 1.165) is 46.2 Å². The largest absolute Gasteiger partial charge is 0.341 e. The lowest BCUT2D eigenvalue weighted by Crippen LogP contribution is -2.47. The second kappa shape index (κ2) is 27.2. The molecule has 0 N–H and O–H groups in total. The number of rotatable bonds is 29. The fourth-order valence-electron chi connectivity index (χ4n) is 6.34. The van der Waals surface area contributed by atoms with Crippen molar-refractivity contribution in [3.05, 3.63) is 11.6 Å². The third kappa shape index (κ3) is 20.0. The fourth-order valence-corrected chi connectivity index (χ4v) is 7.21. The standard InChI is InChI=1S/C37H75N3S2/c1-11-19-23-35(16-6)27-38(26-34(15-5)22-14-4)30-40(32(9)42-33(10)41)31-39(28-36(17-7)24-20-12-2)29-37(18-8)25-21-13-3/h34-37H,9,11-31H2,1-8,10H3. The maximum absolute atomic E-state index is 5.60. The van der Waals surface area contributed by atoms with Gasteiger partial charge in [0, 0.05) is 26.2 Å². The molecule has 42 heavy (non-hydrogen) atoms. The SMILES string of the molecule is C=C(SC(C)=S)N(CN(CC(CC)CCC)CC(CC)CCCC)CN(CC(CC)CCCC)CC(CC)CCCC. The molecule has 0 radical (unpaired) electrons. The molecule has 4 unspecified atom stereocenters. The van der Waals surface area contributed by atoms with Gasteiger partial charge in [-0.2, -0.15) is 0 Å². The fraction of sp³-hybridized carbons (Fsp3) is 0.919. The monoisotopic (exact) mass is 626 g/mol. The summed E-state index contributed by atoms with van der Waals surface area (Å²) in [5.41, 5.74) is 0. The van der Waals surface area contributed by atoms with Crippen LogP contribution < -0.4 is 0 Å². The van der Waals surface area contributed by atoms with Crippen LogP contribution in [0.4, 0.5) is 0 Å². The smallest absolute Gasteiger partial charge is 0.0725 e. The predicted molar refractivity (Wildman–Crippen MR) is 198 cm³/mol. The molecule has 0 aromatic rings. The molecule has 4 atom stereocenters. The topological polar surface area (TPSA) is 9.72 Å². The first-order chi connectivity index (χ1) is 20.2. The summed E-state index contributed by atoms with van der Waals surface area (Å²) in [6.45, 7) is 32.3. The Balaban J connectivity index is 6.25. The minimum atomic E-state index is 0.766. The van der Waals surface area contributed by atoms with Crippen LogP contribution in [0, 0.1) is 23.7 Å². The molecule has 0 amide bonds.